The topological polar surface area (TPSA) is 85.1 Å². The van der Waals surface area contributed by atoms with Gasteiger partial charge in [-0.2, -0.15) is 0 Å². The molecule has 0 amide bonds. The second-order valence-electron chi connectivity index (χ2n) is 4.83. The van der Waals surface area contributed by atoms with Crippen molar-refractivity contribution < 1.29 is 9.90 Å². The maximum Gasteiger partial charge on any atom is 0.341 e. The highest BCUT2D eigenvalue weighted by Gasteiger charge is 2.24. The van der Waals surface area contributed by atoms with Gasteiger partial charge in [0, 0.05) is 30.2 Å². The van der Waals surface area contributed by atoms with Crippen LogP contribution in [-0.4, -0.2) is 25.6 Å². The van der Waals surface area contributed by atoms with E-state index in [-0.39, 0.29) is 5.56 Å². The predicted molar refractivity (Wildman–Crippen MR) is 83.1 cm³/mol. The van der Waals surface area contributed by atoms with Crippen molar-refractivity contribution >= 4 is 5.97 Å². The molecule has 0 unspecified atom stereocenters. The number of aromatic carboxylic acids is 1. The van der Waals surface area contributed by atoms with Crippen LogP contribution in [0.15, 0.2) is 23.4 Å². The standard InChI is InChI=1S/C16H19N3O3/c1-4-10-13(11-9-17-7-8-18-11)12(5-2)19(6-3)15(20)14(10)16(21)22/h7-9H,4-6H2,1-3H3,(H,21,22). The minimum absolute atomic E-state index is 0.165. The SMILES string of the molecule is CCc1c(-c2cnccn2)c(CC)n(CC)c(=O)c1C(=O)O. The van der Waals surface area contributed by atoms with Gasteiger partial charge in [-0.1, -0.05) is 13.8 Å². The fourth-order valence-electron chi connectivity index (χ4n) is 2.83. The Morgan fingerprint density at radius 2 is 1.95 bits per heavy atom. The van der Waals surface area contributed by atoms with Crippen molar-refractivity contribution in [1.29, 1.82) is 0 Å². The van der Waals surface area contributed by atoms with Crippen LogP contribution in [0.4, 0.5) is 0 Å². The fourth-order valence-corrected chi connectivity index (χ4v) is 2.83. The first kappa shape index (κ1) is 15.9. The van der Waals surface area contributed by atoms with Crippen LogP contribution in [0.5, 0.6) is 0 Å². The number of aromatic nitrogens is 3. The van der Waals surface area contributed by atoms with E-state index in [0.29, 0.717) is 30.6 Å². The summed E-state index contributed by atoms with van der Waals surface area (Å²) in [6, 6.07) is 0. The Morgan fingerprint density at radius 1 is 1.23 bits per heavy atom. The van der Waals surface area contributed by atoms with E-state index in [1.54, 1.807) is 18.6 Å². The van der Waals surface area contributed by atoms with Crippen LogP contribution in [0.3, 0.4) is 0 Å². The summed E-state index contributed by atoms with van der Waals surface area (Å²) in [4.78, 5) is 32.5. The molecular weight excluding hydrogens is 282 g/mol. The molecular formula is C16H19N3O3. The maximum atomic E-state index is 12.5. The Balaban J connectivity index is 3.00. The second-order valence-corrected chi connectivity index (χ2v) is 4.83. The number of nitrogens with zero attached hydrogens (tertiary/aromatic N) is 3. The molecule has 0 radical (unpaired) electrons. The zero-order valence-corrected chi connectivity index (χ0v) is 13.0. The first-order chi connectivity index (χ1) is 10.6. The van der Waals surface area contributed by atoms with E-state index in [4.69, 9.17) is 0 Å². The van der Waals surface area contributed by atoms with Crippen LogP contribution in [0.1, 0.15) is 42.4 Å². The minimum Gasteiger partial charge on any atom is -0.477 e. The molecule has 0 spiro atoms. The highest BCUT2D eigenvalue weighted by atomic mass is 16.4. The summed E-state index contributed by atoms with van der Waals surface area (Å²) in [5, 5.41) is 9.48. The fraction of sp³-hybridized carbons (Fsp3) is 0.375. The molecule has 0 aromatic carbocycles. The molecule has 0 fully saturated rings. The smallest absolute Gasteiger partial charge is 0.341 e. The maximum absolute atomic E-state index is 12.5. The van der Waals surface area contributed by atoms with Gasteiger partial charge in [-0.3, -0.25) is 14.8 Å². The van der Waals surface area contributed by atoms with Crippen molar-refractivity contribution in [1.82, 2.24) is 14.5 Å². The van der Waals surface area contributed by atoms with Gasteiger partial charge in [0.15, 0.2) is 0 Å². The number of pyridine rings is 1. The first-order valence-corrected chi connectivity index (χ1v) is 7.34. The molecule has 0 aliphatic rings. The van der Waals surface area contributed by atoms with Crippen LogP contribution >= 0.6 is 0 Å². The quantitative estimate of drug-likeness (QED) is 0.914. The molecule has 2 aromatic rings. The van der Waals surface area contributed by atoms with Gasteiger partial charge in [-0.05, 0) is 25.3 Å². The third-order valence-electron chi connectivity index (χ3n) is 3.71. The molecule has 0 atom stereocenters. The highest BCUT2D eigenvalue weighted by Crippen LogP contribution is 2.28. The second kappa shape index (κ2) is 6.51. The van der Waals surface area contributed by atoms with Crippen molar-refractivity contribution in [2.75, 3.05) is 0 Å². The van der Waals surface area contributed by atoms with Gasteiger partial charge in [0.2, 0.25) is 0 Å². The van der Waals surface area contributed by atoms with Gasteiger partial charge in [-0.25, -0.2) is 4.79 Å². The van der Waals surface area contributed by atoms with Crippen LogP contribution in [0.25, 0.3) is 11.3 Å². The largest absolute Gasteiger partial charge is 0.477 e. The summed E-state index contributed by atoms with van der Waals surface area (Å²) >= 11 is 0. The van der Waals surface area contributed by atoms with Gasteiger partial charge in [-0.15, -0.1) is 0 Å². The van der Waals surface area contributed by atoms with Crippen molar-refractivity contribution in [2.45, 2.75) is 40.2 Å². The molecule has 6 nitrogen and oxygen atoms in total. The van der Waals surface area contributed by atoms with E-state index in [1.807, 2.05) is 20.8 Å². The van der Waals surface area contributed by atoms with Gasteiger partial charge < -0.3 is 9.67 Å². The van der Waals surface area contributed by atoms with Gasteiger partial charge in [0.1, 0.15) is 5.56 Å². The minimum atomic E-state index is -1.20. The van der Waals surface area contributed by atoms with E-state index in [0.717, 1.165) is 11.3 Å². The molecule has 2 heterocycles. The molecule has 2 rings (SSSR count). The Labute approximate surface area is 128 Å². The van der Waals surface area contributed by atoms with E-state index in [1.165, 1.54) is 4.57 Å². The summed E-state index contributed by atoms with van der Waals surface area (Å²) in [7, 11) is 0. The lowest BCUT2D eigenvalue weighted by atomic mass is 9.94. The molecule has 22 heavy (non-hydrogen) atoms. The number of carboxylic acid groups (broad SMARTS) is 1. The highest BCUT2D eigenvalue weighted by molar-refractivity contribution is 5.91. The number of hydrogen-bond donors (Lipinski definition) is 1. The Hall–Kier alpha value is -2.50. The van der Waals surface area contributed by atoms with E-state index in [9.17, 15) is 14.7 Å². The van der Waals surface area contributed by atoms with Crippen LogP contribution < -0.4 is 5.56 Å². The van der Waals surface area contributed by atoms with Crippen LogP contribution in [0.2, 0.25) is 0 Å². The first-order valence-electron chi connectivity index (χ1n) is 7.34. The zero-order valence-electron chi connectivity index (χ0n) is 13.0. The van der Waals surface area contributed by atoms with E-state index < -0.39 is 11.5 Å². The van der Waals surface area contributed by atoms with Crippen molar-refractivity contribution in [3.8, 4) is 11.3 Å². The summed E-state index contributed by atoms with van der Waals surface area (Å²) in [5.74, 6) is -1.20. The molecule has 0 aliphatic carbocycles. The van der Waals surface area contributed by atoms with Gasteiger partial charge >= 0.3 is 5.97 Å². The number of rotatable bonds is 5. The van der Waals surface area contributed by atoms with Crippen LogP contribution in [-0.2, 0) is 19.4 Å². The van der Waals surface area contributed by atoms with Crippen molar-refractivity contribution in [3.05, 3.63) is 45.8 Å². The third kappa shape index (κ3) is 2.52. The lowest BCUT2D eigenvalue weighted by Crippen LogP contribution is -2.31. The van der Waals surface area contributed by atoms with Crippen LogP contribution in [0, 0.1) is 0 Å². The molecule has 0 saturated carbocycles. The number of carbonyl (C=O) groups is 1. The molecule has 0 bridgehead atoms. The number of carboxylic acids is 1. The average molecular weight is 301 g/mol. The van der Waals surface area contributed by atoms with Gasteiger partial charge in [0.25, 0.3) is 5.56 Å². The number of hydrogen-bond acceptors (Lipinski definition) is 4. The lowest BCUT2D eigenvalue weighted by molar-refractivity contribution is 0.0693. The predicted octanol–water partition coefficient (Wildman–Crippen LogP) is 2.15. The molecule has 6 heteroatoms. The third-order valence-corrected chi connectivity index (χ3v) is 3.71. The Kier molecular flexibility index (Phi) is 4.70. The lowest BCUT2D eigenvalue weighted by Gasteiger charge is -2.19. The van der Waals surface area contributed by atoms with Crippen molar-refractivity contribution in [3.63, 3.8) is 0 Å². The molecule has 116 valence electrons. The van der Waals surface area contributed by atoms with E-state index >= 15 is 0 Å². The normalized spacial score (nSPS) is 10.7. The van der Waals surface area contributed by atoms with Crippen molar-refractivity contribution in [2.24, 2.45) is 0 Å². The molecule has 0 aliphatic heterocycles. The monoisotopic (exact) mass is 301 g/mol. The summed E-state index contributed by atoms with van der Waals surface area (Å²) in [6.07, 6.45) is 5.79. The zero-order chi connectivity index (χ0) is 16.3. The van der Waals surface area contributed by atoms with E-state index in [2.05, 4.69) is 9.97 Å². The molecule has 1 N–H and O–H groups in total. The Morgan fingerprint density at radius 3 is 2.41 bits per heavy atom. The average Bonchev–Trinajstić information content (AvgIpc) is 2.53. The summed E-state index contributed by atoms with van der Waals surface area (Å²) < 4.78 is 1.52. The summed E-state index contributed by atoms with van der Waals surface area (Å²) in [6.45, 7) is 6.04. The summed E-state index contributed by atoms with van der Waals surface area (Å²) in [5.41, 5.74) is 2.03. The Bertz CT molecular complexity index is 751. The molecule has 0 saturated heterocycles. The molecule has 2 aromatic heterocycles. The van der Waals surface area contributed by atoms with Gasteiger partial charge in [0.05, 0.1) is 11.9 Å².